The van der Waals surface area contributed by atoms with Gasteiger partial charge in [-0.15, -0.1) is 0 Å². The first-order valence-electron chi connectivity index (χ1n) is 8.08. The van der Waals surface area contributed by atoms with Crippen LogP contribution in [-0.2, 0) is 13.6 Å². The molecule has 0 spiro atoms. The van der Waals surface area contributed by atoms with Gasteiger partial charge in [0.2, 0.25) is 0 Å². The van der Waals surface area contributed by atoms with Crippen molar-refractivity contribution in [1.82, 2.24) is 19.7 Å². The molecule has 1 aliphatic rings. The summed E-state index contributed by atoms with van der Waals surface area (Å²) in [6, 6.07) is 9.49. The SMILES string of the molecule is Cn1cc([C@@H]2CN(C(=O)c3ccncc3F)Cc3ccccc32)cn1. The van der Waals surface area contributed by atoms with Crippen molar-refractivity contribution in [2.24, 2.45) is 7.05 Å². The van der Waals surface area contributed by atoms with Crippen LogP contribution in [0.25, 0.3) is 0 Å². The first kappa shape index (κ1) is 15.5. The number of hydrogen-bond acceptors (Lipinski definition) is 3. The summed E-state index contributed by atoms with van der Waals surface area (Å²) in [5.41, 5.74) is 3.36. The third-order valence-electron chi connectivity index (χ3n) is 4.61. The molecule has 3 aromatic rings. The highest BCUT2D eigenvalue weighted by atomic mass is 19.1. The van der Waals surface area contributed by atoms with Crippen molar-refractivity contribution in [1.29, 1.82) is 0 Å². The number of fused-ring (bicyclic) bond motifs is 1. The third-order valence-corrected chi connectivity index (χ3v) is 4.61. The highest BCUT2D eigenvalue weighted by Crippen LogP contribution is 2.34. The third kappa shape index (κ3) is 2.80. The molecule has 2 aromatic heterocycles. The van der Waals surface area contributed by atoms with Crippen molar-refractivity contribution in [3.05, 3.63) is 83.2 Å². The number of aromatic nitrogens is 3. The zero-order valence-electron chi connectivity index (χ0n) is 13.8. The average Bonchev–Trinajstić information content (AvgIpc) is 3.07. The fourth-order valence-electron chi connectivity index (χ4n) is 3.39. The van der Waals surface area contributed by atoms with Gasteiger partial charge in [0.25, 0.3) is 5.91 Å². The van der Waals surface area contributed by atoms with Gasteiger partial charge in [-0.3, -0.25) is 14.5 Å². The molecular formula is C19H17FN4O. The molecule has 25 heavy (non-hydrogen) atoms. The molecule has 6 heteroatoms. The van der Waals surface area contributed by atoms with Gasteiger partial charge >= 0.3 is 0 Å². The first-order valence-corrected chi connectivity index (χ1v) is 8.08. The summed E-state index contributed by atoms with van der Waals surface area (Å²) in [5, 5.41) is 4.25. The van der Waals surface area contributed by atoms with E-state index in [0.717, 1.165) is 17.3 Å². The lowest BCUT2D eigenvalue weighted by Crippen LogP contribution is -2.39. The minimum atomic E-state index is -0.593. The van der Waals surface area contributed by atoms with Gasteiger partial charge in [-0.25, -0.2) is 4.39 Å². The quantitative estimate of drug-likeness (QED) is 0.723. The summed E-state index contributed by atoms with van der Waals surface area (Å²) in [7, 11) is 1.87. The largest absolute Gasteiger partial charge is 0.333 e. The second kappa shape index (κ2) is 6.12. The van der Waals surface area contributed by atoms with E-state index in [2.05, 4.69) is 16.1 Å². The molecule has 0 fully saturated rings. The predicted molar refractivity (Wildman–Crippen MR) is 90.4 cm³/mol. The summed E-state index contributed by atoms with van der Waals surface area (Å²) >= 11 is 0. The number of benzene rings is 1. The maximum absolute atomic E-state index is 14.0. The van der Waals surface area contributed by atoms with Crippen LogP contribution in [-0.4, -0.2) is 32.1 Å². The number of carbonyl (C=O) groups is 1. The van der Waals surface area contributed by atoms with Gasteiger partial charge in [-0.1, -0.05) is 24.3 Å². The Morgan fingerprint density at radius 2 is 2.08 bits per heavy atom. The topological polar surface area (TPSA) is 51.0 Å². The van der Waals surface area contributed by atoms with Crippen molar-refractivity contribution >= 4 is 5.91 Å². The van der Waals surface area contributed by atoms with Gasteiger partial charge in [-0.2, -0.15) is 5.10 Å². The van der Waals surface area contributed by atoms with Crippen LogP contribution in [0.4, 0.5) is 4.39 Å². The van der Waals surface area contributed by atoms with Gasteiger partial charge in [0.1, 0.15) is 0 Å². The normalized spacial score (nSPS) is 16.6. The first-order chi connectivity index (χ1) is 12.1. The summed E-state index contributed by atoms with van der Waals surface area (Å²) in [4.78, 5) is 18.3. The van der Waals surface area contributed by atoms with Gasteiger partial charge in [0.15, 0.2) is 5.82 Å². The summed E-state index contributed by atoms with van der Waals surface area (Å²) in [6.07, 6.45) is 6.29. The smallest absolute Gasteiger partial charge is 0.257 e. The average molecular weight is 336 g/mol. The standard InChI is InChI=1S/C19H17FN4O/c1-23-10-14(8-22-23)17-12-24(11-13-4-2-3-5-15(13)17)19(25)16-6-7-21-9-18(16)20/h2-10,17H,11-12H2,1H3/t17-/m0/s1. The number of nitrogens with zero attached hydrogens (tertiary/aromatic N) is 4. The van der Waals surface area contributed by atoms with Crippen LogP contribution < -0.4 is 0 Å². The second-order valence-electron chi connectivity index (χ2n) is 6.24. The molecule has 0 radical (unpaired) electrons. The maximum Gasteiger partial charge on any atom is 0.257 e. The number of halogens is 1. The Morgan fingerprint density at radius 3 is 2.84 bits per heavy atom. The van der Waals surface area contributed by atoms with Gasteiger partial charge in [-0.05, 0) is 22.8 Å². The zero-order valence-corrected chi connectivity index (χ0v) is 13.8. The van der Waals surface area contributed by atoms with Crippen LogP contribution >= 0.6 is 0 Å². The lowest BCUT2D eigenvalue weighted by molar-refractivity contribution is 0.0720. The molecule has 0 bridgehead atoms. The fourth-order valence-corrected chi connectivity index (χ4v) is 3.39. The van der Waals surface area contributed by atoms with Gasteiger partial charge in [0.05, 0.1) is 18.0 Å². The molecular weight excluding hydrogens is 319 g/mol. The number of rotatable bonds is 2. The number of hydrogen-bond donors (Lipinski definition) is 0. The molecule has 1 aliphatic heterocycles. The van der Waals surface area contributed by atoms with Crippen LogP contribution in [0.5, 0.6) is 0 Å². The molecule has 3 heterocycles. The van der Waals surface area contributed by atoms with Crippen LogP contribution in [0.15, 0.2) is 55.1 Å². The molecule has 5 nitrogen and oxygen atoms in total. The molecule has 0 N–H and O–H groups in total. The molecule has 0 saturated carbocycles. The number of pyridine rings is 1. The van der Waals surface area contributed by atoms with Crippen LogP contribution in [0.3, 0.4) is 0 Å². The van der Waals surface area contributed by atoms with E-state index in [9.17, 15) is 9.18 Å². The zero-order chi connectivity index (χ0) is 17.4. The summed E-state index contributed by atoms with van der Waals surface area (Å²) < 4.78 is 15.7. The lowest BCUT2D eigenvalue weighted by Gasteiger charge is -2.34. The number of carbonyl (C=O) groups excluding carboxylic acids is 1. The molecule has 0 unspecified atom stereocenters. The van der Waals surface area contributed by atoms with Crippen molar-refractivity contribution in [3.63, 3.8) is 0 Å². The Balaban J connectivity index is 1.73. The van der Waals surface area contributed by atoms with Crippen LogP contribution in [0.2, 0.25) is 0 Å². The maximum atomic E-state index is 14.0. The van der Waals surface area contributed by atoms with Crippen molar-refractivity contribution in [3.8, 4) is 0 Å². The number of amides is 1. The lowest BCUT2D eigenvalue weighted by atomic mass is 9.86. The summed E-state index contributed by atoms with van der Waals surface area (Å²) in [6.45, 7) is 0.955. The Bertz CT molecular complexity index is 936. The molecule has 1 atom stereocenters. The van der Waals surface area contributed by atoms with Crippen molar-refractivity contribution in [2.45, 2.75) is 12.5 Å². The molecule has 126 valence electrons. The minimum Gasteiger partial charge on any atom is -0.333 e. The highest BCUT2D eigenvalue weighted by Gasteiger charge is 2.31. The van der Waals surface area contributed by atoms with Crippen LogP contribution in [0, 0.1) is 5.82 Å². The Labute approximate surface area is 144 Å². The van der Waals surface area contributed by atoms with E-state index in [-0.39, 0.29) is 17.4 Å². The Kier molecular flexibility index (Phi) is 3.80. The molecule has 0 aliphatic carbocycles. The Morgan fingerprint density at radius 1 is 1.24 bits per heavy atom. The van der Waals surface area contributed by atoms with Crippen molar-refractivity contribution < 1.29 is 9.18 Å². The predicted octanol–water partition coefficient (Wildman–Crippen LogP) is 2.74. The van der Waals surface area contributed by atoms with E-state index >= 15 is 0 Å². The summed E-state index contributed by atoms with van der Waals surface area (Å²) in [5.74, 6) is -0.889. The molecule has 1 amide bonds. The fraction of sp³-hybridized carbons (Fsp3) is 0.211. The minimum absolute atomic E-state index is 0.0208. The van der Waals surface area contributed by atoms with Gasteiger partial charge in [0, 0.05) is 38.4 Å². The highest BCUT2D eigenvalue weighted by molar-refractivity contribution is 5.94. The molecule has 0 saturated heterocycles. The van der Waals surface area contributed by atoms with Crippen LogP contribution in [0.1, 0.15) is 33.0 Å². The second-order valence-corrected chi connectivity index (χ2v) is 6.24. The Hall–Kier alpha value is -3.02. The van der Waals surface area contributed by atoms with E-state index < -0.39 is 5.82 Å². The monoisotopic (exact) mass is 336 g/mol. The molecule has 4 rings (SSSR count). The number of aryl methyl sites for hydroxylation is 1. The van der Waals surface area contributed by atoms with E-state index in [1.807, 2.05) is 37.6 Å². The molecule has 1 aromatic carbocycles. The van der Waals surface area contributed by atoms with E-state index in [4.69, 9.17) is 0 Å². The van der Waals surface area contributed by atoms with Gasteiger partial charge < -0.3 is 4.90 Å². The van der Waals surface area contributed by atoms with E-state index in [1.54, 1.807) is 9.58 Å². The van der Waals surface area contributed by atoms with Crippen molar-refractivity contribution in [2.75, 3.05) is 6.54 Å². The van der Waals surface area contributed by atoms with E-state index in [0.29, 0.717) is 13.1 Å². The van der Waals surface area contributed by atoms with E-state index in [1.165, 1.54) is 17.8 Å².